The highest BCUT2D eigenvalue weighted by atomic mass is 19.4. The van der Waals surface area contributed by atoms with Crippen molar-refractivity contribution in [1.29, 1.82) is 0 Å². The first-order chi connectivity index (χ1) is 11.3. The SMILES string of the molecule is O=C1c2ccccc2C(=O)C2(CC3CCCC(C(F)(F)F)C3)OC12. The molecule has 2 aliphatic carbocycles. The van der Waals surface area contributed by atoms with Gasteiger partial charge in [0.25, 0.3) is 0 Å². The van der Waals surface area contributed by atoms with Crippen molar-refractivity contribution < 1.29 is 27.5 Å². The van der Waals surface area contributed by atoms with Gasteiger partial charge in [-0.05, 0) is 25.2 Å². The van der Waals surface area contributed by atoms with Crippen LogP contribution in [0.15, 0.2) is 24.3 Å². The van der Waals surface area contributed by atoms with Crippen molar-refractivity contribution in [3.63, 3.8) is 0 Å². The highest BCUT2D eigenvalue weighted by molar-refractivity contribution is 6.22. The summed E-state index contributed by atoms with van der Waals surface area (Å²) >= 11 is 0. The van der Waals surface area contributed by atoms with Gasteiger partial charge in [0.2, 0.25) is 0 Å². The summed E-state index contributed by atoms with van der Waals surface area (Å²) in [4.78, 5) is 25.2. The summed E-state index contributed by atoms with van der Waals surface area (Å²) in [7, 11) is 0. The third-order valence-electron chi connectivity index (χ3n) is 5.59. The van der Waals surface area contributed by atoms with Gasteiger partial charge in [-0.1, -0.05) is 37.1 Å². The maximum absolute atomic E-state index is 13.0. The van der Waals surface area contributed by atoms with E-state index in [1.54, 1.807) is 24.3 Å². The molecular weight excluding hydrogens is 321 g/mol. The van der Waals surface area contributed by atoms with Crippen LogP contribution in [-0.2, 0) is 4.74 Å². The lowest BCUT2D eigenvalue weighted by Gasteiger charge is -2.32. The van der Waals surface area contributed by atoms with E-state index in [0.29, 0.717) is 24.0 Å². The molecule has 1 aromatic carbocycles. The van der Waals surface area contributed by atoms with Crippen molar-refractivity contribution in [1.82, 2.24) is 0 Å². The quantitative estimate of drug-likeness (QED) is 0.767. The van der Waals surface area contributed by atoms with Gasteiger partial charge in [0.15, 0.2) is 23.3 Å². The second-order valence-corrected chi connectivity index (χ2v) is 7.10. The number of alkyl halides is 3. The second-order valence-electron chi connectivity index (χ2n) is 7.10. The molecule has 4 unspecified atom stereocenters. The minimum absolute atomic E-state index is 0.0183. The first-order valence-corrected chi connectivity index (χ1v) is 8.25. The zero-order chi connectivity index (χ0) is 17.1. The van der Waals surface area contributed by atoms with Gasteiger partial charge in [0.05, 0.1) is 5.92 Å². The Bertz CT molecular complexity index is 712. The topological polar surface area (TPSA) is 46.7 Å². The number of benzene rings is 1. The molecule has 24 heavy (non-hydrogen) atoms. The molecule has 1 aromatic rings. The van der Waals surface area contributed by atoms with Crippen LogP contribution >= 0.6 is 0 Å². The Balaban J connectivity index is 1.56. The fourth-order valence-corrected chi connectivity index (χ4v) is 4.33. The van der Waals surface area contributed by atoms with Crippen LogP contribution in [0.4, 0.5) is 13.2 Å². The van der Waals surface area contributed by atoms with E-state index in [2.05, 4.69) is 0 Å². The molecule has 1 saturated heterocycles. The van der Waals surface area contributed by atoms with Crippen molar-refractivity contribution in [2.75, 3.05) is 0 Å². The molecule has 128 valence electrons. The molecule has 1 heterocycles. The fraction of sp³-hybridized carbons (Fsp3) is 0.556. The Kier molecular flexibility index (Phi) is 3.39. The van der Waals surface area contributed by atoms with Crippen molar-refractivity contribution in [2.45, 2.75) is 50.0 Å². The molecule has 4 atom stereocenters. The normalized spacial score (nSPS) is 35.4. The molecule has 0 aromatic heterocycles. The highest BCUT2D eigenvalue weighted by Gasteiger charge is 2.69. The van der Waals surface area contributed by atoms with E-state index in [0.717, 1.165) is 0 Å². The molecule has 1 saturated carbocycles. The molecule has 0 radical (unpaired) electrons. The average molecular weight is 338 g/mol. The van der Waals surface area contributed by atoms with Crippen LogP contribution in [0.5, 0.6) is 0 Å². The Morgan fingerprint density at radius 2 is 1.83 bits per heavy atom. The Morgan fingerprint density at radius 3 is 2.54 bits per heavy atom. The van der Waals surface area contributed by atoms with Crippen LogP contribution in [0.25, 0.3) is 0 Å². The average Bonchev–Trinajstić information content (AvgIpc) is 3.28. The molecule has 4 rings (SSSR count). The number of carbonyl (C=O) groups excluding carboxylic acids is 2. The number of hydrogen-bond donors (Lipinski definition) is 0. The lowest BCUT2D eigenvalue weighted by atomic mass is 9.72. The predicted octanol–water partition coefficient (Wildman–Crippen LogP) is 3.96. The van der Waals surface area contributed by atoms with Gasteiger partial charge >= 0.3 is 6.18 Å². The van der Waals surface area contributed by atoms with Gasteiger partial charge in [-0.25, -0.2) is 0 Å². The van der Waals surface area contributed by atoms with E-state index in [1.807, 2.05) is 0 Å². The number of fused-ring (bicyclic) bond motifs is 2. The van der Waals surface area contributed by atoms with Gasteiger partial charge in [-0.15, -0.1) is 0 Å². The standard InChI is InChI=1S/C18H17F3O3/c19-18(20,21)11-5-3-4-10(8-11)9-17-15(23)13-7-2-1-6-12(13)14(22)16(17)24-17/h1-2,6-7,10-11,16H,3-5,8-9H2. The van der Waals surface area contributed by atoms with Crippen molar-refractivity contribution in [3.05, 3.63) is 35.4 Å². The second kappa shape index (κ2) is 5.15. The highest BCUT2D eigenvalue weighted by Crippen LogP contribution is 2.52. The summed E-state index contributed by atoms with van der Waals surface area (Å²) in [6, 6.07) is 6.56. The molecule has 3 nitrogen and oxygen atoms in total. The van der Waals surface area contributed by atoms with Crippen molar-refractivity contribution in [2.24, 2.45) is 11.8 Å². The van der Waals surface area contributed by atoms with Gasteiger partial charge in [-0.3, -0.25) is 9.59 Å². The van der Waals surface area contributed by atoms with Crippen LogP contribution in [0.1, 0.15) is 52.8 Å². The van der Waals surface area contributed by atoms with Crippen molar-refractivity contribution in [3.8, 4) is 0 Å². The molecule has 0 amide bonds. The molecule has 0 spiro atoms. The third kappa shape index (κ3) is 2.31. The van der Waals surface area contributed by atoms with Gasteiger partial charge in [0.1, 0.15) is 0 Å². The first kappa shape index (κ1) is 15.8. The number of ether oxygens (including phenoxy) is 1. The number of rotatable bonds is 2. The largest absolute Gasteiger partial charge is 0.391 e. The van der Waals surface area contributed by atoms with Crippen LogP contribution in [-0.4, -0.2) is 29.4 Å². The van der Waals surface area contributed by atoms with E-state index in [1.165, 1.54) is 0 Å². The van der Waals surface area contributed by atoms with Gasteiger partial charge < -0.3 is 4.74 Å². The van der Waals surface area contributed by atoms with Crippen LogP contribution in [0.2, 0.25) is 0 Å². The lowest BCUT2D eigenvalue weighted by molar-refractivity contribution is -0.186. The molecule has 0 bridgehead atoms. The minimum Gasteiger partial charge on any atom is -0.349 e. The molecule has 1 aliphatic heterocycles. The Morgan fingerprint density at radius 1 is 1.12 bits per heavy atom. The van der Waals surface area contributed by atoms with Gasteiger partial charge in [0, 0.05) is 11.1 Å². The van der Waals surface area contributed by atoms with E-state index in [9.17, 15) is 22.8 Å². The zero-order valence-corrected chi connectivity index (χ0v) is 12.9. The van der Waals surface area contributed by atoms with E-state index >= 15 is 0 Å². The summed E-state index contributed by atoms with van der Waals surface area (Å²) in [5.74, 6) is -2.03. The van der Waals surface area contributed by atoms with Crippen LogP contribution < -0.4 is 0 Å². The Labute approximate surface area is 137 Å². The molecule has 2 fully saturated rings. The number of ketones is 2. The summed E-state index contributed by atoms with van der Waals surface area (Å²) in [5.41, 5.74) is -0.527. The summed E-state index contributed by atoms with van der Waals surface area (Å²) in [6.07, 6.45) is -3.49. The molecular formula is C18H17F3O3. The molecule has 0 N–H and O–H groups in total. The van der Waals surface area contributed by atoms with E-state index in [-0.39, 0.29) is 36.7 Å². The summed E-state index contributed by atoms with van der Waals surface area (Å²) in [6.45, 7) is 0. The minimum atomic E-state index is -4.20. The first-order valence-electron chi connectivity index (χ1n) is 8.25. The number of epoxide rings is 1. The maximum Gasteiger partial charge on any atom is 0.391 e. The van der Waals surface area contributed by atoms with Crippen LogP contribution in [0.3, 0.4) is 0 Å². The number of Topliss-reactive ketones (excluding diaryl/α,β-unsaturated/α-hetero) is 2. The van der Waals surface area contributed by atoms with Crippen LogP contribution in [0, 0.1) is 11.8 Å². The van der Waals surface area contributed by atoms with E-state index in [4.69, 9.17) is 4.74 Å². The monoisotopic (exact) mass is 338 g/mol. The fourth-order valence-electron chi connectivity index (χ4n) is 4.33. The third-order valence-corrected chi connectivity index (χ3v) is 5.59. The van der Waals surface area contributed by atoms with E-state index < -0.39 is 23.8 Å². The molecule has 3 aliphatic rings. The number of carbonyl (C=O) groups is 2. The zero-order valence-electron chi connectivity index (χ0n) is 12.9. The predicted molar refractivity (Wildman–Crippen MR) is 78.8 cm³/mol. The smallest absolute Gasteiger partial charge is 0.349 e. The number of halogens is 3. The summed E-state index contributed by atoms with van der Waals surface area (Å²) < 4.78 is 44.5. The number of hydrogen-bond acceptors (Lipinski definition) is 3. The molecule has 6 heteroatoms. The summed E-state index contributed by atoms with van der Waals surface area (Å²) in [5, 5.41) is 0. The lowest BCUT2D eigenvalue weighted by Crippen LogP contribution is -2.39. The Hall–Kier alpha value is -1.69. The van der Waals surface area contributed by atoms with Crippen molar-refractivity contribution >= 4 is 11.6 Å². The maximum atomic E-state index is 13.0. The van der Waals surface area contributed by atoms with Gasteiger partial charge in [-0.2, -0.15) is 13.2 Å².